The quantitative estimate of drug-likeness (QED) is 0.892. The summed E-state index contributed by atoms with van der Waals surface area (Å²) in [5, 5.41) is 3.37. The van der Waals surface area contributed by atoms with Gasteiger partial charge in [-0.05, 0) is 31.4 Å². The van der Waals surface area contributed by atoms with Crippen LogP contribution in [0.1, 0.15) is 29.6 Å². The molecule has 18 heavy (non-hydrogen) atoms. The molecule has 2 rings (SSSR count). The van der Waals surface area contributed by atoms with E-state index < -0.39 is 0 Å². The predicted octanol–water partition coefficient (Wildman–Crippen LogP) is 3.27. The molecule has 0 atom stereocenters. The Morgan fingerprint density at radius 1 is 1.11 bits per heavy atom. The van der Waals surface area contributed by atoms with Crippen LogP contribution in [0.4, 0.5) is 5.82 Å². The molecule has 0 aliphatic rings. The molecule has 94 valence electrons. The molecule has 0 spiro atoms. The highest BCUT2D eigenvalue weighted by Crippen LogP contribution is 2.11. The van der Waals surface area contributed by atoms with Gasteiger partial charge >= 0.3 is 0 Å². The number of nitrogens with one attached hydrogen (secondary N) is 1. The summed E-state index contributed by atoms with van der Waals surface area (Å²) in [5.74, 6) is 1.73. The fourth-order valence-corrected chi connectivity index (χ4v) is 1.90. The summed E-state index contributed by atoms with van der Waals surface area (Å²) in [6.45, 7) is 6.96. The van der Waals surface area contributed by atoms with E-state index >= 15 is 0 Å². The molecule has 3 heteroatoms. The van der Waals surface area contributed by atoms with Gasteiger partial charge in [0.05, 0.1) is 0 Å². The van der Waals surface area contributed by atoms with Crippen LogP contribution < -0.4 is 5.32 Å². The summed E-state index contributed by atoms with van der Waals surface area (Å²) in [6, 6.07) is 10.4. The third-order valence-electron chi connectivity index (χ3n) is 2.97. The van der Waals surface area contributed by atoms with E-state index in [1.807, 2.05) is 13.0 Å². The van der Waals surface area contributed by atoms with E-state index in [1.54, 1.807) is 0 Å². The minimum atomic E-state index is 0.798. The molecule has 0 saturated carbocycles. The van der Waals surface area contributed by atoms with Gasteiger partial charge in [-0.1, -0.05) is 31.2 Å². The lowest BCUT2D eigenvalue weighted by molar-refractivity contribution is 0.940. The minimum absolute atomic E-state index is 0.798. The lowest BCUT2D eigenvalue weighted by atomic mass is 10.1. The number of aromatic nitrogens is 2. The monoisotopic (exact) mass is 241 g/mol. The molecule has 0 bridgehead atoms. The lowest BCUT2D eigenvalue weighted by Gasteiger charge is -2.09. The van der Waals surface area contributed by atoms with E-state index in [2.05, 4.69) is 53.4 Å². The van der Waals surface area contributed by atoms with Crippen molar-refractivity contribution in [2.45, 2.75) is 33.7 Å². The zero-order valence-corrected chi connectivity index (χ0v) is 11.2. The van der Waals surface area contributed by atoms with E-state index in [0.717, 1.165) is 30.3 Å². The summed E-state index contributed by atoms with van der Waals surface area (Å²) in [6.07, 6.45) is 0.933. The van der Waals surface area contributed by atoms with Crippen LogP contribution >= 0.6 is 0 Å². The molecule has 3 nitrogen and oxygen atoms in total. The molecule has 0 saturated heterocycles. The van der Waals surface area contributed by atoms with E-state index in [-0.39, 0.29) is 0 Å². The van der Waals surface area contributed by atoms with Crippen molar-refractivity contribution in [3.05, 3.63) is 53.0 Å². The smallest absolute Gasteiger partial charge is 0.130 e. The van der Waals surface area contributed by atoms with Crippen molar-refractivity contribution in [3.8, 4) is 0 Å². The van der Waals surface area contributed by atoms with Gasteiger partial charge in [-0.25, -0.2) is 9.97 Å². The minimum Gasteiger partial charge on any atom is -0.366 e. The predicted molar refractivity (Wildman–Crippen MR) is 74.7 cm³/mol. The topological polar surface area (TPSA) is 37.8 Å². The third kappa shape index (κ3) is 3.06. The summed E-state index contributed by atoms with van der Waals surface area (Å²) >= 11 is 0. The Hall–Kier alpha value is -1.90. The van der Waals surface area contributed by atoms with Crippen LogP contribution in [0.15, 0.2) is 30.3 Å². The summed E-state index contributed by atoms with van der Waals surface area (Å²) in [5.41, 5.74) is 3.67. The van der Waals surface area contributed by atoms with Crippen LogP contribution in [-0.2, 0) is 13.0 Å². The maximum Gasteiger partial charge on any atom is 0.130 e. The second-order valence-electron chi connectivity index (χ2n) is 4.43. The van der Waals surface area contributed by atoms with Gasteiger partial charge in [0.15, 0.2) is 0 Å². The van der Waals surface area contributed by atoms with Gasteiger partial charge in [-0.15, -0.1) is 0 Å². The van der Waals surface area contributed by atoms with Crippen LogP contribution in [0.3, 0.4) is 0 Å². The summed E-state index contributed by atoms with van der Waals surface area (Å²) < 4.78 is 0. The van der Waals surface area contributed by atoms with Gasteiger partial charge < -0.3 is 5.32 Å². The average Bonchev–Trinajstić information content (AvgIpc) is 2.37. The van der Waals surface area contributed by atoms with Gasteiger partial charge in [-0.3, -0.25) is 0 Å². The number of aryl methyl sites for hydroxylation is 3. The number of benzene rings is 1. The Balaban J connectivity index is 2.11. The Bertz CT molecular complexity index is 535. The van der Waals surface area contributed by atoms with Gasteiger partial charge in [0.2, 0.25) is 0 Å². The van der Waals surface area contributed by atoms with E-state index in [1.165, 1.54) is 11.1 Å². The largest absolute Gasteiger partial charge is 0.366 e. The Morgan fingerprint density at radius 2 is 1.89 bits per heavy atom. The van der Waals surface area contributed by atoms with Gasteiger partial charge in [0.25, 0.3) is 0 Å². The molecule has 0 amide bonds. The SMILES string of the molecule is CCc1cc(NCc2ccccc2C)nc(C)n1. The molecule has 0 unspecified atom stereocenters. The maximum absolute atomic E-state index is 4.40. The molecule has 1 N–H and O–H groups in total. The first-order chi connectivity index (χ1) is 8.69. The zero-order chi connectivity index (χ0) is 13.0. The van der Waals surface area contributed by atoms with Crippen molar-refractivity contribution >= 4 is 5.82 Å². The van der Waals surface area contributed by atoms with E-state index in [4.69, 9.17) is 0 Å². The number of anilines is 1. The molecule has 0 aliphatic carbocycles. The van der Waals surface area contributed by atoms with Crippen LogP contribution in [0, 0.1) is 13.8 Å². The second-order valence-corrected chi connectivity index (χ2v) is 4.43. The number of rotatable bonds is 4. The molecular weight excluding hydrogens is 222 g/mol. The molecule has 1 aromatic carbocycles. The fourth-order valence-electron chi connectivity index (χ4n) is 1.90. The molecule has 0 radical (unpaired) electrons. The fraction of sp³-hybridized carbons (Fsp3) is 0.333. The summed E-state index contributed by atoms with van der Waals surface area (Å²) in [7, 11) is 0. The molecular formula is C15H19N3. The Morgan fingerprint density at radius 3 is 2.61 bits per heavy atom. The van der Waals surface area contributed by atoms with Crippen molar-refractivity contribution in [3.63, 3.8) is 0 Å². The maximum atomic E-state index is 4.40. The average molecular weight is 241 g/mol. The Kier molecular flexibility index (Phi) is 3.92. The van der Waals surface area contributed by atoms with E-state index in [0.29, 0.717) is 0 Å². The number of nitrogens with zero attached hydrogens (tertiary/aromatic N) is 2. The van der Waals surface area contributed by atoms with Crippen LogP contribution in [0.5, 0.6) is 0 Å². The van der Waals surface area contributed by atoms with Gasteiger partial charge in [-0.2, -0.15) is 0 Å². The highest BCUT2D eigenvalue weighted by molar-refractivity contribution is 5.38. The first-order valence-corrected chi connectivity index (χ1v) is 6.32. The standard InChI is InChI=1S/C15H19N3/c1-4-14-9-15(18-12(3)17-14)16-10-13-8-6-5-7-11(13)2/h5-9H,4,10H2,1-3H3,(H,16,17,18). The molecule has 1 aromatic heterocycles. The summed E-state index contributed by atoms with van der Waals surface area (Å²) in [4.78, 5) is 8.78. The third-order valence-corrected chi connectivity index (χ3v) is 2.97. The van der Waals surface area contributed by atoms with Crippen LogP contribution in [0.2, 0.25) is 0 Å². The first kappa shape index (κ1) is 12.6. The second kappa shape index (κ2) is 5.63. The highest BCUT2D eigenvalue weighted by atomic mass is 15.0. The van der Waals surface area contributed by atoms with Crippen molar-refractivity contribution in [1.82, 2.24) is 9.97 Å². The molecule has 0 fully saturated rings. The van der Waals surface area contributed by atoms with Gasteiger partial charge in [0, 0.05) is 18.3 Å². The van der Waals surface area contributed by atoms with Crippen molar-refractivity contribution in [1.29, 1.82) is 0 Å². The highest BCUT2D eigenvalue weighted by Gasteiger charge is 2.01. The van der Waals surface area contributed by atoms with Crippen LogP contribution in [-0.4, -0.2) is 9.97 Å². The van der Waals surface area contributed by atoms with Crippen LogP contribution in [0.25, 0.3) is 0 Å². The molecule has 0 aliphatic heterocycles. The zero-order valence-electron chi connectivity index (χ0n) is 11.2. The van der Waals surface area contributed by atoms with Gasteiger partial charge in [0.1, 0.15) is 11.6 Å². The lowest BCUT2D eigenvalue weighted by Crippen LogP contribution is -2.05. The normalized spacial score (nSPS) is 10.4. The number of hydrogen-bond donors (Lipinski definition) is 1. The van der Waals surface area contributed by atoms with Crippen molar-refractivity contribution in [2.24, 2.45) is 0 Å². The Labute approximate surface area is 108 Å². The van der Waals surface area contributed by atoms with Crippen molar-refractivity contribution < 1.29 is 0 Å². The first-order valence-electron chi connectivity index (χ1n) is 6.32. The number of hydrogen-bond acceptors (Lipinski definition) is 3. The molecule has 2 aromatic rings. The molecule has 1 heterocycles. The van der Waals surface area contributed by atoms with Crippen molar-refractivity contribution in [2.75, 3.05) is 5.32 Å². The van der Waals surface area contributed by atoms with E-state index in [9.17, 15) is 0 Å².